The predicted molar refractivity (Wildman–Crippen MR) is 47.7 cm³/mol. The molecule has 1 aromatic carbocycles. The Morgan fingerprint density at radius 2 is 1.83 bits per heavy atom. The summed E-state index contributed by atoms with van der Waals surface area (Å²) in [5, 5.41) is 17.8. The first-order valence-corrected chi connectivity index (χ1v) is 4.20. The molecule has 1 aliphatic carbocycles. The van der Waals surface area contributed by atoms with Crippen LogP contribution in [-0.4, -0.2) is 17.2 Å². The van der Waals surface area contributed by atoms with E-state index in [0.29, 0.717) is 5.92 Å². The van der Waals surface area contributed by atoms with E-state index in [1.54, 1.807) is 0 Å². The smallest absolute Gasteiger partial charge is 0.427 e. The van der Waals surface area contributed by atoms with Crippen molar-refractivity contribution < 1.29 is 10.0 Å². The van der Waals surface area contributed by atoms with E-state index >= 15 is 0 Å². The summed E-state index contributed by atoms with van der Waals surface area (Å²) in [5.74, 6) is 0.429. The van der Waals surface area contributed by atoms with Gasteiger partial charge in [-0.2, -0.15) is 0 Å². The Bertz CT molecular complexity index is 260. The Balaban J connectivity index is 2.06. The third-order valence-corrected chi connectivity index (χ3v) is 2.45. The average molecular weight is 162 g/mol. The Morgan fingerprint density at radius 1 is 1.17 bits per heavy atom. The van der Waals surface area contributed by atoms with Gasteiger partial charge in [0.2, 0.25) is 0 Å². The normalized spacial score (nSPS) is 26.8. The quantitative estimate of drug-likeness (QED) is 0.637. The summed E-state index contributed by atoms with van der Waals surface area (Å²) in [6, 6.07) is 10.00. The topological polar surface area (TPSA) is 40.5 Å². The van der Waals surface area contributed by atoms with Crippen molar-refractivity contribution in [2.75, 3.05) is 0 Å². The van der Waals surface area contributed by atoms with E-state index in [9.17, 15) is 0 Å². The predicted octanol–water partition coefficient (Wildman–Crippen LogP) is 1.02. The average Bonchev–Trinajstić information content (AvgIpc) is 2.84. The van der Waals surface area contributed by atoms with Crippen molar-refractivity contribution in [1.82, 2.24) is 0 Å². The third kappa shape index (κ3) is 1.38. The standard InChI is InChI=1S/C9H11BO2/c11-10(12)9-6-8(9)7-4-2-1-3-5-7/h1-5,8-9,11-12H,6H2/t8-,9-/m1/s1. The van der Waals surface area contributed by atoms with Gasteiger partial charge in [0.15, 0.2) is 0 Å². The van der Waals surface area contributed by atoms with Crippen molar-refractivity contribution in [2.24, 2.45) is 0 Å². The largest absolute Gasteiger partial charge is 0.455 e. The molecule has 1 saturated carbocycles. The van der Waals surface area contributed by atoms with Crippen LogP contribution in [0.3, 0.4) is 0 Å². The lowest BCUT2D eigenvalue weighted by atomic mass is 9.81. The molecule has 12 heavy (non-hydrogen) atoms. The van der Waals surface area contributed by atoms with Crippen LogP contribution in [0.25, 0.3) is 0 Å². The summed E-state index contributed by atoms with van der Waals surface area (Å²) in [7, 11) is -1.14. The molecule has 2 N–H and O–H groups in total. The zero-order valence-corrected chi connectivity index (χ0v) is 6.72. The first-order valence-electron chi connectivity index (χ1n) is 4.20. The lowest BCUT2D eigenvalue weighted by Gasteiger charge is -1.98. The fourth-order valence-corrected chi connectivity index (χ4v) is 1.63. The second-order valence-electron chi connectivity index (χ2n) is 3.33. The number of benzene rings is 1. The second-order valence-corrected chi connectivity index (χ2v) is 3.33. The molecular formula is C9H11BO2. The summed E-state index contributed by atoms with van der Waals surface area (Å²) in [4.78, 5) is 0. The molecule has 2 nitrogen and oxygen atoms in total. The molecule has 2 atom stereocenters. The van der Waals surface area contributed by atoms with E-state index in [1.165, 1.54) is 5.56 Å². The van der Waals surface area contributed by atoms with Crippen LogP contribution in [0, 0.1) is 0 Å². The fourth-order valence-electron chi connectivity index (χ4n) is 1.63. The van der Waals surface area contributed by atoms with Gasteiger partial charge in [-0.25, -0.2) is 0 Å². The highest BCUT2D eigenvalue weighted by Gasteiger charge is 2.45. The molecular weight excluding hydrogens is 151 g/mol. The van der Waals surface area contributed by atoms with Crippen molar-refractivity contribution in [3.8, 4) is 0 Å². The van der Waals surface area contributed by atoms with Crippen molar-refractivity contribution >= 4 is 7.12 Å². The van der Waals surface area contributed by atoms with Crippen LogP contribution < -0.4 is 0 Å². The number of hydrogen-bond donors (Lipinski definition) is 2. The van der Waals surface area contributed by atoms with E-state index in [-0.39, 0.29) is 5.82 Å². The molecule has 1 fully saturated rings. The van der Waals surface area contributed by atoms with Gasteiger partial charge in [-0.15, -0.1) is 0 Å². The van der Waals surface area contributed by atoms with Crippen LogP contribution in [0.2, 0.25) is 5.82 Å². The van der Waals surface area contributed by atoms with Crippen molar-refractivity contribution in [3.05, 3.63) is 35.9 Å². The third-order valence-electron chi connectivity index (χ3n) is 2.45. The van der Waals surface area contributed by atoms with Crippen LogP contribution in [0.4, 0.5) is 0 Å². The van der Waals surface area contributed by atoms with Crippen molar-refractivity contribution in [3.63, 3.8) is 0 Å². The van der Waals surface area contributed by atoms with Gasteiger partial charge >= 0.3 is 7.12 Å². The van der Waals surface area contributed by atoms with Gasteiger partial charge in [-0.05, 0) is 17.9 Å². The molecule has 0 unspecified atom stereocenters. The Labute approximate surface area is 72.0 Å². The molecule has 0 heterocycles. The second kappa shape index (κ2) is 2.92. The van der Waals surface area contributed by atoms with Gasteiger partial charge < -0.3 is 10.0 Å². The maximum Gasteiger partial charge on any atom is 0.455 e. The molecule has 0 aromatic heterocycles. The van der Waals surface area contributed by atoms with Crippen LogP contribution in [0.1, 0.15) is 17.9 Å². The molecule has 62 valence electrons. The highest BCUT2D eigenvalue weighted by Crippen LogP contribution is 2.53. The lowest BCUT2D eigenvalue weighted by Crippen LogP contribution is -2.10. The van der Waals surface area contributed by atoms with Gasteiger partial charge in [-0.1, -0.05) is 30.3 Å². The van der Waals surface area contributed by atoms with Crippen LogP contribution in [-0.2, 0) is 0 Å². The fraction of sp³-hybridized carbons (Fsp3) is 0.333. The van der Waals surface area contributed by atoms with Gasteiger partial charge in [0, 0.05) is 5.82 Å². The molecule has 0 saturated heterocycles. The molecule has 1 aromatic rings. The minimum atomic E-state index is -1.14. The van der Waals surface area contributed by atoms with Gasteiger partial charge in [0.1, 0.15) is 0 Å². The summed E-state index contributed by atoms with van der Waals surface area (Å²) < 4.78 is 0. The van der Waals surface area contributed by atoms with Crippen molar-refractivity contribution in [1.29, 1.82) is 0 Å². The first kappa shape index (κ1) is 7.83. The van der Waals surface area contributed by atoms with Crippen molar-refractivity contribution in [2.45, 2.75) is 18.2 Å². The van der Waals surface area contributed by atoms with Gasteiger partial charge in [0.05, 0.1) is 0 Å². The number of hydrogen-bond acceptors (Lipinski definition) is 2. The maximum atomic E-state index is 8.88. The monoisotopic (exact) mass is 162 g/mol. The van der Waals surface area contributed by atoms with Gasteiger partial charge in [-0.3, -0.25) is 0 Å². The SMILES string of the molecule is OB(O)[C@@H]1C[C@@H]1c1ccccc1. The van der Waals surface area contributed by atoms with Crippen LogP contribution >= 0.6 is 0 Å². The molecule has 0 bridgehead atoms. The molecule has 0 aliphatic heterocycles. The zero-order chi connectivity index (χ0) is 8.55. The summed E-state index contributed by atoms with van der Waals surface area (Å²) in [6.07, 6.45) is 0.904. The van der Waals surface area contributed by atoms with E-state index in [1.807, 2.05) is 30.3 Å². The van der Waals surface area contributed by atoms with Gasteiger partial charge in [0.25, 0.3) is 0 Å². The minimum absolute atomic E-state index is 0.0624. The lowest BCUT2D eigenvalue weighted by molar-refractivity contribution is 0.402. The molecule has 2 rings (SSSR count). The van der Waals surface area contributed by atoms with Crippen LogP contribution in [0.5, 0.6) is 0 Å². The van der Waals surface area contributed by atoms with E-state index < -0.39 is 7.12 Å². The molecule has 3 heteroatoms. The summed E-state index contributed by atoms with van der Waals surface area (Å²) in [5.41, 5.74) is 1.22. The molecule has 0 spiro atoms. The molecule has 0 radical (unpaired) electrons. The van der Waals surface area contributed by atoms with E-state index in [2.05, 4.69) is 0 Å². The first-order chi connectivity index (χ1) is 5.79. The van der Waals surface area contributed by atoms with Crippen LogP contribution in [0.15, 0.2) is 30.3 Å². The van der Waals surface area contributed by atoms with E-state index in [4.69, 9.17) is 10.0 Å². The Kier molecular flexibility index (Phi) is 1.91. The molecule has 0 amide bonds. The zero-order valence-electron chi connectivity index (χ0n) is 6.72. The van der Waals surface area contributed by atoms with E-state index in [0.717, 1.165) is 6.42 Å². The highest BCUT2D eigenvalue weighted by atomic mass is 16.4. The Hall–Kier alpha value is -0.795. The highest BCUT2D eigenvalue weighted by molar-refractivity contribution is 6.44. The Morgan fingerprint density at radius 3 is 2.33 bits per heavy atom. The summed E-state index contributed by atoms with van der Waals surface area (Å²) in [6.45, 7) is 0. The number of rotatable bonds is 2. The maximum absolute atomic E-state index is 8.88. The molecule has 1 aliphatic rings. The summed E-state index contributed by atoms with van der Waals surface area (Å²) >= 11 is 0. The minimum Gasteiger partial charge on any atom is -0.427 e.